The van der Waals surface area contributed by atoms with Gasteiger partial charge in [0.2, 0.25) is 0 Å². The molecule has 0 aromatic heterocycles. The van der Waals surface area contributed by atoms with E-state index < -0.39 is 0 Å². The van der Waals surface area contributed by atoms with Gasteiger partial charge in [0.05, 0.1) is 0 Å². The van der Waals surface area contributed by atoms with Crippen LogP contribution in [0.1, 0.15) is 24.1 Å². The number of hydrogen-bond acceptors (Lipinski definition) is 2. The van der Waals surface area contributed by atoms with Crippen LogP contribution in [0.25, 0.3) is 0 Å². The van der Waals surface area contributed by atoms with Gasteiger partial charge in [0.1, 0.15) is 0 Å². The molecule has 0 saturated heterocycles. The Kier molecular flexibility index (Phi) is 4.30. The third kappa shape index (κ3) is 3.05. The van der Waals surface area contributed by atoms with Gasteiger partial charge in [-0.2, -0.15) is 0 Å². The Morgan fingerprint density at radius 2 is 2.00 bits per heavy atom. The number of hydrogen-bond donors (Lipinski definition) is 1. The first-order chi connectivity index (χ1) is 7.06. The first-order valence-corrected chi connectivity index (χ1v) is 5.49. The number of rotatable bonds is 4. The van der Waals surface area contributed by atoms with Crippen LogP contribution in [0.5, 0.6) is 0 Å². The van der Waals surface area contributed by atoms with Crippen LogP contribution in [0, 0.1) is 12.8 Å². The largest absolute Gasteiger partial charge is 0.330 e. The summed E-state index contributed by atoms with van der Waals surface area (Å²) in [4.78, 5) is 2.24. The summed E-state index contributed by atoms with van der Waals surface area (Å²) in [5, 5.41) is 0. The monoisotopic (exact) mass is 206 g/mol. The SMILES string of the molecule is Cc1cccc(C(C(C)CN)N(C)C)c1. The van der Waals surface area contributed by atoms with Crippen molar-refractivity contribution in [3.05, 3.63) is 35.4 Å². The molecule has 0 saturated carbocycles. The highest BCUT2D eigenvalue weighted by atomic mass is 15.1. The standard InChI is InChI=1S/C13H22N2/c1-10-6-5-7-12(8-10)13(15(3)4)11(2)9-14/h5-8,11,13H,9,14H2,1-4H3. The van der Waals surface area contributed by atoms with Crippen LogP contribution in [-0.2, 0) is 0 Å². The molecule has 1 aromatic carbocycles. The lowest BCUT2D eigenvalue weighted by Crippen LogP contribution is -2.30. The van der Waals surface area contributed by atoms with Gasteiger partial charge < -0.3 is 10.6 Å². The molecule has 0 aliphatic rings. The molecule has 15 heavy (non-hydrogen) atoms. The van der Waals surface area contributed by atoms with Crippen molar-refractivity contribution in [3.63, 3.8) is 0 Å². The molecule has 0 radical (unpaired) electrons. The van der Waals surface area contributed by atoms with E-state index in [0.29, 0.717) is 12.0 Å². The lowest BCUT2D eigenvalue weighted by Gasteiger charge is -2.30. The van der Waals surface area contributed by atoms with Crippen molar-refractivity contribution in [1.82, 2.24) is 4.90 Å². The normalized spacial score (nSPS) is 15.3. The molecule has 0 fully saturated rings. The predicted octanol–water partition coefficient (Wildman–Crippen LogP) is 2.19. The molecule has 0 aliphatic carbocycles. The minimum Gasteiger partial charge on any atom is -0.330 e. The maximum absolute atomic E-state index is 5.76. The van der Waals surface area contributed by atoms with Crippen LogP contribution in [-0.4, -0.2) is 25.5 Å². The Labute approximate surface area is 93.1 Å². The van der Waals surface area contributed by atoms with E-state index in [1.54, 1.807) is 0 Å². The topological polar surface area (TPSA) is 29.3 Å². The Balaban J connectivity index is 2.99. The van der Waals surface area contributed by atoms with Crippen LogP contribution in [0.15, 0.2) is 24.3 Å². The molecule has 0 heterocycles. The van der Waals surface area contributed by atoms with Crippen molar-refractivity contribution in [2.75, 3.05) is 20.6 Å². The van der Waals surface area contributed by atoms with Crippen molar-refractivity contribution < 1.29 is 0 Å². The van der Waals surface area contributed by atoms with Crippen LogP contribution in [0.3, 0.4) is 0 Å². The fourth-order valence-electron chi connectivity index (χ4n) is 2.12. The molecule has 0 spiro atoms. The molecule has 1 aromatic rings. The first-order valence-electron chi connectivity index (χ1n) is 5.49. The fourth-order valence-corrected chi connectivity index (χ4v) is 2.12. The summed E-state index contributed by atoms with van der Waals surface area (Å²) in [6, 6.07) is 9.09. The Morgan fingerprint density at radius 3 is 2.47 bits per heavy atom. The van der Waals surface area contributed by atoms with Crippen molar-refractivity contribution in [2.24, 2.45) is 11.7 Å². The van der Waals surface area contributed by atoms with E-state index in [2.05, 4.69) is 57.1 Å². The van der Waals surface area contributed by atoms with Crippen molar-refractivity contribution in [2.45, 2.75) is 19.9 Å². The van der Waals surface area contributed by atoms with E-state index >= 15 is 0 Å². The zero-order valence-electron chi connectivity index (χ0n) is 10.2. The van der Waals surface area contributed by atoms with E-state index in [1.807, 2.05) is 0 Å². The number of nitrogens with zero attached hydrogens (tertiary/aromatic N) is 1. The van der Waals surface area contributed by atoms with Crippen LogP contribution in [0.4, 0.5) is 0 Å². The molecule has 2 nitrogen and oxygen atoms in total. The molecule has 0 aliphatic heterocycles. The number of benzene rings is 1. The van der Waals surface area contributed by atoms with Gasteiger partial charge in [0, 0.05) is 6.04 Å². The van der Waals surface area contributed by atoms with Crippen molar-refractivity contribution in [3.8, 4) is 0 Å². The van der Waals surface area contributed by atoms with E-state index in [4.69, 9.17) is 5.73 Å². The van der Waals surface area contributed by atoms with Gasteiger partial charge in [0.25, 0.3) is 0 Å². The highest BCUT2D eigenvalue weighted by Gasteiger charge is 2.20. The molecule has 0 amide bonds. The third-order valence-electron chi connectivity index (χ3n) is 2.85. The van der Waals surface area contributed by atoms with Gasteiger partial charge >= 0.3 is 0 Å². The first kappa shape index (κ1) is 12.2. The molecule has 2 unspecified atom stereocenters. The lowest BCUT2D eigenvalue weighted by molar-refractivity contribution is 0.227. The molecule has 2 atom stereocenters. The smallest absolute Gasteiger partial charge is 0.0379 e. The molecule has 84 valence electrons. The van der Waals surface area contributed by atoms with Crippen molar-refractivity contribution in [1.29, 1.82) is 0 Å². The van der Waals surface area contributed by atoms with Gasteiger partial charge in [-0.05, 0) is 39.0 Å². The summed E-state index contributed by atoms with van der Waals surface area (Å²) in [7, 11) is 4.22. The van der Waals surface area contributed by atoms with Gasteiger partial charge in [-0.25, -0.2) is 0 Å². The van der Waals surface area contributed by atoms with E-state index in [-0.39, 0.29) is 0 Å². The minimum atomic E-state index is 0.412. The van der Waals surface area contributed by atoms with E-state index in [0.717, 1.165) is 6.54 Å². The summed E-state index contributed by atoms with van der Waals surface area (Å²) in [5.41, 5.74) is 8.43. The molecular formula is C13H22N2. The summed E-state index contributed by atoms with van der Waals surface area (Å²) >= 11 is 0. The quantitative estimate of drug-likeness (QED) is 0.818. The van der Waals surface area contributed by atoms with Gasteiger partial charge in [-0.3, -0.25) is 0 Å². The van der Waals surface area contributed by atoms with Crippen LogP contribution < -0.4 is 5.73 Å². The maximum atomic E-state index is 5.76. The third-order valence-corrected chi connectivity index (χ3v) is 2.85. The van der Waals surface area contributed by atoms with Gasteiger partial charge in [-0.1, -0.05) is 36.8 Å². The minimum absolute atomic E-state index is 0.412. The zero-order chi connectivity index (χ0) is 11.4. The van der Waals surface area contributed by atoms with E-state index in [9.17, 15) is 0 Å². The Morgan fingerprint density at radius 1 is 1.33 bits per heavy atom. The Bertz CT molecular complexity index is 307. The zero-order valence-corrected chi connectivity index (χ0v) is 10.2. The summed E-state index contributed by atoms with van der Waals surface area (Å²) in [6.45, 7) is 5.05. The molecule has 2 heteroatoms. The second kappa shape index (κ2) is 5.29. The molecule has 1 rings (SSSR count). The molecule has 0 bridgehead atoms. The predicted molar refractivity (Wildman–Crippen MR) is 65.8 cm³/mol. The maximum Gasteiger partial charge on any atom is 0.0379 e. The number of nitrogens with two attached hydrogens (primary N) is 1. The fraction of sp³-hybridized carbons (Fsp3) is 0.538. The van der Waals surface area contributed by atoms with Crippen molar-refractivity contribution >= 4 is 0 Å². The van der Waals surface area contributed by atoms with Gasteiger partial charge in [0.15, 0.2) is 0 Å². The highest BCUT2D eigenvalue weighted by molar-refractivity contribution is 5.25. The molecular weight excluding hydrogens is 184 g/mol. The summed E-state index contributed by atoms with van der Waals surface area (Å²) in [5.74, 6) is 0.474. The van der Waals surface area contributed by atoms with Crippen LogP contribution in [0.2, 0.25) is 0 Å². The van der Waals surface area contributed by atoms with E-state index in [1.165, 1.54) is 11.1 Å². The Hall–Kier alpha value is -0.860. The average Bonchev–Trinajstić information content (AvgIpc) is 2.17. The second-order valence-corrected chi connectivity index (χ2v) is 4.54. The second-order valence-electron chi connectivity index (χ2n) is 4.54. The summed E-state index contributed by atoms with van der Waals surface area (Å²) in [6.07, 6.45) is 0. The average molecular weight is 206 g/mol. The van der Waals surface area contributed by atoms with Gasteiger partial charge in [-0.15, -0.1) is 0 Å². The molecule has 2 N–H and O–H groups in total. The van der Waals surface area contributed by atoms with Crippen LogP contribution >= 0.6 is 0 Å². The number of aryl methyl sites for hydroxylation is 1. The highest BCUT2D eigenvalue weighted by Crippen LogP contribution is 2.26. The summed E-state index contributed by atoms with van der Waals surface area (Å²) < 4.78 is 0. The lowest BCUT2D eigenvalue weighted by atomic mass is 9.93.